The van der Waals surface area contributed by atoms with E-state index in [9.17, 15) is 0 Å². The summed E-state index contributed by atoms with van der Waals surface area (Å²) in [7, 11) is 2.21. The van der Waals surface area contributed by atoms with Crippen molar-refractivity contribution in [2.24, 2.45) is 0 Å². The van der Waals surface area contributed by atoms with Gasteiger partial charge in [0.05, 0.1) is 0 Å². The van der Waals surface area contributed by atoms with Gasteiger partial charge in [0.15, 0.2) is 0 Å². The number of fused-ring (bicyclic) bond motifs is 4. The number of hydrogen-bond donors (Lipinski definition) is 0. The van der Waals surface area contributed by atoms with Gasteiger partial charge in [0, 0.05) is 59.4 Å². The number of aryl methyl sites for hydroxylation is 3. The maximum absolute atomic E-state index is 4.89. The van der Waals surface area contributed by atoms with Gasteiger partial charge in [-0.15, -0.1) is 0 Å². The summed E-state index contributed by atoms with van der Waals surface area (Å²) >= 11 is 0. The Hall–Kier alpha value is -2.46. The molecule has 3 aromatic rings. The molecule has 4 heteroatoms. The Bertz CT molecular complexity index is 1120. The van der Waals surface area contributed by atoms with Gasteiger partial charge < -0.3 is 9.47 Å². The third-order valence-corrected chi connectivity index (χ3v) is 6.37. The van der Waals surface area contributed by atoms with Gasteiger partial charge in [0.1, 0.15) is 5.65 Å². The average Bonchev–Trinajstić information content (AvgIpc) is 2.99. The van der Waals surface area contributed by atoms with Crippen LogP contribution in [0, 0.1) is 13.8 Å². The van der Waals surface area contributed by atoms with E-state index in [1.807, 2.05) is 6.20 Å². The minimum Gasteiger partial charge on any atom is -0.302 e. The van der Waals surface area contributed by atoms with Crippen LogP contribution < -0.4 is 0 Å². The third-order valence-electron chi connectivity index (χ3n) is 6.37. The number of allylic oxidation sites excluding steroid dienone is 2. The molecule has 0 spiro atoms. The van der Waals surface area contributed by atoms with Gasteiger partial charge in [-0.2, -0.15) is 0 Å². The average molecular weight is 373 g/mol. The molecule has 28 heavy (non-hydrogen) atoms. The van der Waals surface area contributed by atoms with Gasteiger partial charge in [0.2, 0.25) is 0 Å². The van der Waals surface area contributed by atoms with Crippen molar-refractivity contribution in [1.82, 2.24) is 19.4 Å². The minimum absolute atomic E-state index is 1.00. The van der Waals surface area contributed by atoms with E-state index in [1.165, 1.54) is 51.2 Å². The maximum Gasteiger partial charge on any atom is 0.144 e. The Labute approximate surface area is 166 Å². The minimum atomic E-state index is 1.00. The highest BCUT2D eigenvalue weighted by Gasteiger charge is 2.26. The molecule has 0 aromatic carbocycles. The smallest absolute Gasteiger partial charge is 0.144 e. The second-order valence-electron chi connectivity index (χ2n) is 8.50. The molecular formula is C24H28N4. The second kappa shape index (κ2) is 6.56. The maximum atomic E-state index is 4.89. The first-order valence-electron chi connectivity index (χ1n) is 10.4. The lowest BCUT2D eigenvalue weighted by atomic mass is 9.89. The molecule has 0 fully saturated rings. The molecular weight excluding hydrogens is 344 g/mol. The zero-order chi connectivity index (χ0) is 19.4. The summed E-state index contributed by atoms with van der Waals surface area (Å²) < 4.78 is 2.46. The number of likely N-dealkylation sites (N-methyl/N-ethyl adjacent to an activating group) is 1. The van der Waals surface area contributed by atoms with Crippen molar-refractivity contribution in [3.05, 3.63) is 58.2 Å². The van der Waals surface area contributed by atoms with Gasteiger partial charge in [-0.05, 0) is 75.9 Å². The molecule has 1 aliphatic carbocycles. The lowest BCUT2D eigenvalue weighted by molar-refractivity contribution is 0.311. The van der Waals surface area contributed by atoms with Crippen molar-refractivity contribution < 1.29 is 0 Å². The lowest BCUT2D eigenvalue weighted by Gasteiger charge is -2.26. The highest BCUT2D eigenvalue weighted by Crippen LogP contribution is 2.38. The van der Waals surface area contributed by atoms with Gasteiger partial charge in [-0.3, -0.25) is 4.98 Å². The van der Waals surface area contributed by atoms with E-state index in [2.05, 4.69) is 55.5 Å². The summed E-state index contributed by atoms with van der Waals surface area (Å²) in [5.41, 5.74) is 11.7. The van der Waals surface area contributed by atoms with Crippen molar-refractivity contribution in [2.45, 2.75) is 53.0 Å². The van der Waals surface area contributed by atoms with Crippen molar-refractivity contribution >= 4 is 22.3 Å². The largest absolute Gasteiger partial charge is 0.302 e. The molecule has 4 heterocycles. The fourth-order valence-corrected chi connectivity index (χ4v) is 4.98. The normalized spacial score (nSPS) is 18.9. The fraction of sp³-hybridized carbons (Fsp3) is 0.417. The molecule has 0 amide bonds. The predicted molar refractivity (Wildman–Crippen MR) is 115 cm³/mol. The van der Waals surface area contributed by atoms with E-state index in [0.29, 0.717) is 0 Å². The first-order valence-corrected chi connectivity index (χ1v) is 10.4. The Morgan fingerprint density at radius 2 is 1.96 bits per heavy atom. The summed E-state index contributed by atoms with van der Waals surface area (Å²) in [5, 5.41) is 1.32. The van der Waals surface area contributed by atoms with Gasteiger partial charge in [0.25, 0.3) is 0 Å². The van der Waals surface area contributed by atoms with E-state index in [-0.39, 0.29) is 0 Å². The van der Waals surface area contributed by atoms with Crippen LogP contribution in [0.3, 0.4) is 0 Å². The summed E-state index contributed by atoms with van der Waals surface area (Å²) in [6.07, 6.45) is 6.45. The fourth-order valence-electron chi connectivity index (χ4n) is 4.98. The van der Waals surface area contributed by atoms with Crippen LogP contribution in [0.5, 0.6) is 0 Å². The van der Waals surface area contributed by atoms with Crippen molar-refractivity contribution in [3.8, 4) is 0 Å². The Balaban J connectivity index is 1.78. The Morgan fingerprint density at radius 3 is 2.82 bits per heavy atom. The van der Waals surface area contributed by atoms with E-state index < -0.39 is 0 Å². The van der Waals surface area contributed by atoms with E-state index in [1.54, 1.807) is 0 Å². The number of hydrogen-bond acceptors (Lipinski definition) is 3. The lowest BCUT2D eigenvalue weighted by Crippen LogP contribution is -2.27. The van der Waals surface area contributed by atoms with Gasteiger partial charge in [-0.1, -0.05) is 6.07 Å². The molecule has 1 aliphatic heterocycles. The van der Waals surface area contributed by atoms with Crippen LogP contribution in [-0.2, 0) is 19.4 Å². The SMILES string of the molecule is C/C(=C1/CCCc2nc(C)ccc21)n1c2c(c3cc(C)cnc31)CN(C)CC2. The topological polar surface area (TPSA) is 34.0 Å². The van der Waals surface area contributed by atoms with Crippen LogP contribution in [0.1, 0.15) is 53.5 Å². The molecule has 5 rings (SSSR count). The van der Waals surface area contributed by atoms with Gasteiger partial charge >= 0.3 is 0 Å². The second-order valence-corrected chi connectivity index (χ2v) is 8.50. The zero-order valence-corrected chi connectivity index (χ0v) is 17.3. The number of rotatable bonds is 1. The summed E-state index contributed by atoms with van der Waals surface area (Å²) in [6, 6.07) is 6.74. The number of aromatic nitrogens is 3. The van der Waals surface area contributed by atoms with Crippen molar-refractivity contribution in [1.29, 1.82) is 0 Å². The molecule has 2 aliphatic rings. The highest BCUT2D eigenvalue weighted by molar-refractivity contribution is 5.92. The first kappa shape index (κ1) is 17.6. The van der Waals surface area contributed by atoms with Crippen LogP contribution >= 0.6 is 0 Å². The standard InChI is InChI=1S/C24H28N4/c1-15-12-20-21-14-27(4)11-10-23(21)28(24(20)25-13-15)17(3)18-6-5-7-22-19(18)9-8-16(2)26-22/h8-9,12-13H,5-7,10-11,14H2,1-4H3/b18-17+. The molecule has 144 valence electrons. The Kier molecular flexibility index (Phi) is 4.13. The molecule has 0 N–H and O–H groups in total. The first-order chi connectivity index (χ1) is 13.5. The van der Waals surface area contributed by atoms with E-state index >= 15 is 0 Å². The van der Waals surface area contributed by atoms with Crippen LogP contribution in [0.25, 0.3) is 22.3 Å². The Morgan fingerprint density at radius 1 is 1.11 bits per heavy atom. The molecule has 0 unspecified atom stereocenters. The quantitative estimate of drug-likeness (QED) is 0.617. The van der Waals surface area contributed by atoms with E-state index in [0.717, 1.165) is 43.7 Å². The molecule has 0 bridgehead atoms. The summed E-state index contributed by atoms with van der Waals surface area (Å²) in [6.45, 7) is 8.61. The zero-order valence-electron chi connectivity index (χ0n) is 17.3. The highest BCUT2D eigenvalue weighted by atomic mass is 15.1. The summed E-state index contributed by atoms with van der Waals surface area (Å²) in [4.78, 5) is 12.1. The third kappa shape index (κ3) is 2.70. The van der Waals surface area contributed by atoms with Crippen molar-refractivity contribution in [2.75, 3.05) is 13.6 Å². The number of pyridine rings is 2. The van der Waals surface area contributed by atoms with Crippen LogP contribution in [0.2, 0.25) is 0 Å². The summed E-state index contributed by atoms with van der Waals surface area (Å²) in [5.74, 6) is 0. The molecule has 0 saturated carbocycles. The van der Waals surface area contributed by atoms with Gasteiger partial charge in [-0.25, -0.2) is 4.98 Å². The van der Waals surface area contributed by atoms with Crippen LogP contribution in [0.15, 0.2) is 24.4 Å². The van der Waals surface area contributed by atoms with Crippen molar-refractivity contribution in [3.63, 3.8) is 0 Å². The monoisotopic (exact) mass is 372 g/mol. The number of nitrogens with zero attached hydrogens (tertiary/aromatic N) is 4. The molecule has 0 saturated heterocycles. The molecule has 4 nitrogen and oxygen atoms in total. The van der Waals surface area contributed by atoms with E-state index in [4.69, 9.17) is 9.97 Å². The van der Waals surface area contributed by atoms with Crippen LogP contribution in [0.4, 0.5) is 0 Å². The molecule has 0 atom stereocenters. The molecule has 0 radical (unpaired) electrons. The predicted octanol–water partition coefficient (Wildman–Crippen LogP) is 4.76. The molecule has 3 aromatic heterocycles. The van der Waals surface area contributed by atoms with Crippen LogP contribution in [-0.4, -0.2) is 33.0 Å².